The van der Waals surface area contributed by atoms with Crippen molar-refractivity contribution < 1.29 is 4.79 Å². The first-order chi connectivity index (χ1) is 8.95. The first-order valence-corrected chi connectivity index (χ1v) is 7.96. The molecule has 0 radical (unpaired) electrons. The smallest absolute Gasteiger partial charge is 0.224 e. The van der Waals surface area contributed by atoms with E-state index in [9.17, 15) is 4.79 Å². The van der Waals surface area contributed by atoms with E-state index in [1.807, 2.05) is 0 Å². The molecule has 3 nitrogen and oxygen atoms in total. The van der Waals surface area contributed by atoms with E-state index in [0.717, 1.165) is 31.8 Å². The van der Waals surface area contributed by atoms with Crippen LogP contribution in [-0.2, 0) is 4.79 Å². The van der Waals surface area contributed by atoms with Crippen LogP contribution in [-0.4, -0.2) is 25.0 Å². The lowest BCUT2D eigenvalue weighted by Gasteiger charge is -2.40. The normalized spacial score (nSPS) is 44.3. The molecular formula is C16H28N2O. The fourth-order valence-electron chi connectivity index (χ4n) is 4.79. The Morgan fingerprint density at radius 3 is 2.58 bits per heavy atom. The van der Waals surface area contributed by atoms with E-state index in [1.165, 1.54) is 19.3 Å². The van der Waals surface area contributed by atoms with Crippen LogP contribution in [0.2, 0.25) is 0 Å². The predicted octanol–water partition coefficient (Wildman–Crippen LogP) is 2.32. The molecule has 1 heterocycles. The van der Waals surface area contributed by atoms with Gasteiger partial charge < -0.3 is 10.6 Å². The molecular weight excluding hydrogens is 236 g/mol. The van der Waals surface area contributed by atoms with E-state index < -0.39 is 0 Å². The summed E-state index contributed by atoms with van der Waals surface area (Å²) in [6.07, 6.45) is 6.00. The molecule has 1 amide bonds. The summed E-state index contributed by atoms with van der Waals surface area (Å²) in [6.45, 7) is 9.13. The predicted molar refractivity (Wildman–Crippen MR) is 76.8 cm³/mol. The molecule has 108 valence electrons. The van der Waals surface area contributed by atoms with Crippen molar-refractivity contribution in [2.24, 2.45) is 22.7 Å². The molecule has 2 aliphatic carbocycles. The standard InChI is InChI=1S/C16H28N2O/c1-15(2)12-6-7-16(15,3)13(9-12)18-14(19)11-5-4-8-17-10-11/h11-13,17H,4-10H2,1-3H3,(H,18,19)/t11-,12?,13?,16?/m1/s1. The number of rotatable bonds is 2. The van der Waals surface area contributed by atoms with Gasteiger partial charge in [0, 0.05) is 12.6 Å². The molecule has 1 saturated heterocycles. The highest BCUT2D eigenvalue weighted by molar-refractivity contribution is 5.79. The lowest BCUT2D eigenvalue weighted by atomic mass is 9.69. The van der Waals surface area contributed by atoms with Crippen molar-refractivity contribution in [3.63, 3.8) is 0 Å². The zero-order chi connectivity index (χ0) is 13.7. The van der Waals surface area contributed by atoms with Gasteiger partial charge in [0.25, 0.3) is 0 Å². The number of carbonyl (C=O) groups is 1. The molecule has 2 bridgehead atoms. The van der Waals surface area contributed by atoms with E-state index in [2.05, 4.69) is 31.4 Å². The lowest BCUT2D eigenvalue weighted by Crippen LogP contribution is -2.50. The van der Waals surface area contributed by atoms with Crippen LogP contribution in [0.5, 0.6) is 0 Å². The number of piperidine rings is 1. The number of nitrogens with one attached hydrogen (secondary N) is 2. The molecule has 1 aliphatic heterocycles. The summed E-state index contributed by atoms with van der Waals surface area (Å²) in [5.74, 6) is 1.29. The van der Waals surface area contributed by atoms with Gasteiger partial charge in [-0.25, -0.2) is 0 Å². The maximum absolute atomic E-state index is 12.4. The molecule has 0 aromatic carbocycles. The van der Waals surface area contributed by atoms with Crippen LogP contribution in [0.1, 0.15) is 52.9 Å². The van der Waals surface area contributed by atoms with E-state index >= 15 is 0 Å². The molecule has 0 aromatic heterocycles. The molecule has 3 rings (SSSR count). The minimum atomic E-state index is 0.194. The Labute approximate surface area is 116 Å². The molecule has 2 saturated carbocycles. The minimum absolute atomic E-state index is 0.194. The summed E-state index contributed by atoms with van der Waals surface area (Å²) in [4.78, 5) is 12.4. The third kappa shape index (κ3) is 1.93. The van der Waals surface area contributed by atoms with Crippen molar-refractivity contribution in [1.29, 1.82) is 0 Å². The highest BCUT2D eigenvalue weighted by Crippen LogP contribution is 2.65. The molecule has 0 aromatic rings. The number of hydrogen-bond donors (Lipinski definition) is 2. The van der Waals surface area contributed by atoms with Gasteiger partial charge >= 0.3 is 0 Å². The van der Waals surface area contributed by atoms with Gasteiger partial charge in [0.05, 0.1) is 5.92 Å². The Morgan fingerprint density at radius 2 is 2.05 bits per heavy atom. The Bertz CT molecular complexity index is 373. The third-order valence-electron chi connectivity index (χ3n) is 6.78. The average Bonchev–Trinajstić information content (AvgIpc) is 2.73. The van der Waals surface area contributed by atoms with E-state index in [1.54, 1.807) is 0 Å². The van der Waals surface area contributed by atoms with Crippen LogP contribution in [0.15, 0.2) is 0 Å². The lowest BCUT2D eigenvalue weighted by molar-refractivity contribution is -0.127. The second-order valence-corrected chi connectivity index (χ2v) is 7.71. The Kier molecular flexibility index (Phi) is 3.16. The van der Waals surface area contributed by atoms with Gasteiger partial charge in [0.2, 0.25) is 5.91 Å². The molecule has 0 spiro atoms. The monoisotopic (exact) mass is 264 g/mol. The van der Waals surface area contributed by atoms with E-state index in [4.69, 9.17) is 0 Å². The second-order valence-electron chi connectivity index (χ2n) is 7.71. The fourth-order valence-corrected chi connectivity index (χ4v) is 4.79. The van der Waals surface area contributed by atoms with E-state index in [0.29, 0.717) is 22.8 Å². The molecule has 2 N–H and O–H groups in total. The highest BCUT2D eigenvalue weighted by atomic mass is 16.2. The molecule has 3 unspecified atom stereocenters. The van der Waals surface area contributed by atoms with Crippen molar-refractivity contribution in [3.8, 4) is 0 Å². The number of hydrogen-bond acceptors (Lipinski definition) is 2. The average molecular weight is 264 g/mol. The van der Waals surface area contributed by atoms with Gasteiger partial charge in [0.1, 0.15) is 0 Å². The van der Waals surface area contributed by atoms with Crippen molar-refractivity contribution in [1.82, 2.24) is 10.6 Å². The maximum Gasteiger partial charge on any atom is 0.224 e. The van der Waals surface area contributed by atoms with Crippen molar-refractivity contribution in [2.45, 2.75) is 58.9 Å². The first-order valence-electron chi connectivity index (χ1n) is 7.96. The second kappa shape index (κ2) is 4.47. The van der Waals surface area contributed by atoms with E-state index in [-0.39, 0.29) is 5.92 Å². The van der Waals surface area contributed by atoms with Crippen LogP contribution in [0.4, 0.5) is 0 Å². The first kappa shape index (κ1) is 13.4. The topological polar surface area (TPSA) is 41.1 Å². The molecule has 3 aliphatic rings. The Balaban J connectivity index is 1.66. The molecule has 3 fully saturated rings. The van der Waals surface area contributed by atoms with Crippen LogP contribution < -0.4 is 10.6 Å². The Hall–Kier alpha value is -0.570. The van der Waals surface area contributed by atoms with Gasteiger partial charge in [-0.2, -0.15) is 0 Å². The summed E-state index contributed by atoms with van der Waals surface area (Å²) < 4.78 is 0. The molecule has 3 heteroatoms. The zero-order valence-corrected chi connectivity index (χ0v) is 12.6. The summed E-state index contributed by atoms with van der Waals surface area (Å²) in [7, 11) is 0. The van der Waals surface area contributed by atoms with Gasteiger partial charge in [-0.05, 0) is 55.4 Å². The fraction of sp³-hybridized carbons (Fsp3) is 0.938. The van der Waals surface area contributed by atoms with Crippen LogP contribution in [0.25, 0.3) is 0 Å². The van der Waals surface area contributed by atoms with Crippen molar-refractivity contribution in [2.75, 3.05) is 13.1 Å². The summed E-state index contributed by atoms with van der Waals surface area (Å²) in [6, 6.07) is 0.399. The molecule has 19 heavy (non-hydrogen) atoms. The molecule has 4 atom stereocenters. The largest absolute Gasteiger partial charge is 0.353 e. The van der Waals surface area contributed by atoms with Crippen LogP contribution in [0, 0.1) is 22.7 Å². The third-order valence-corrected chi connectivity index (χ3v) is 6.78. The van der Waals surface area contributed by atoms with Crippen LogP contribution in [0.3, 0.4) is 0 Å². The maximum atomic E-state index is 12.4. The van der Waals surface area contributed by atoms with Crippen LogP contribution >= 0.6 is 0 Å². The number of fused-ring (bicyclic) bond motifs is 2. The number of amides is 1. The zero-order valence-electron chi connectivity index (χ0n) is 12.6. The summed E-state index contributed by atoms with van der Waals surface area (Å²) in [5, 5.41) is 6.74. The van der Waals surface area contributed by atoms with Crippen molar-refractivity contribution in [3.05, 3.63) is 0 Å². The quantitative estimate of drug-likeness (QED) is 0.803. The van der Waals surface area contributed by atoms with Gasteiger partial charge in [0.15, 0.2) is 0 Å². The highest BCUT2D eigenvalue weighted by Gasteiger charge is 2.61. The number of carbonyl (C=O) groups excluding carboxylic acids is 1. The Morgan fingerprint density at radius 1 is 1.26 bits per heavy atom. The SMILES string of the molecule is CC1(C)C2CCC1(C)C(NC(=O)[C@@H]1CCCNC1)C2. The summed E-state index contributed by atoms with van der Waals surface area (Å²) >= 11 is 0. The minimum Gasteiger partial charge on any atom is -0.353 e. The van der Waals surface area contributed by atoms with Gasteiger partial charge in [-0.3, -0.25) is 4.79 Å². The van der Waals surface area contributed by atoms with Gasteiger partial charge in [-0.1, -0.05) is 20.8 Å². The van der Waals surface area contributed by atoms with Crippen molar-refractivity contribution >= 4 is 5.91 Å². The summed E-state index contributed by atoms with van der Waals surface area (Å²) in [5.41, 5.74) is 0.686. The van der Waals surface area contributed by atoms with Gasteiger partial charge in [-0.15, -0.1) is 0 Å².